The first kappa shape index (κ1) is 23.1. The number of rotatable bonds is 10. The largest absolute Gasteiger partial charge is 0.494 e. The first-order chi connectivity index (χ1) is 16.1. The van der Waals surface area contributed by atoms with Crippen molar-refractivity contribution in [1.29, 1.82) is 0 Å². The van der Waals surface area contributed by atoms with E-state index in [9.17, 15) is 9.90 Å². The Morgan fingerprint density at radius 1 is 0.970 bits per heavy atom. The van der Waals surface area contributed by atoms with Gasteiger partial charge in [0.25, 0.3) is 0 Å². The maximum Gasteiger partial charge on any atom is 0.143 e. The lowest BCUT2D eigenvalue weighted by Gasteiger charge is -2.14. The fraction of sp³-hybridized carbons (Fsp3) is 0.393. The minimum absolute atomic E-state index is 0.0221. The average molecular weight is 445 g/mol. The fourth-order valence-electron chi connectivity index (χ4n) is 4.52. The highest BCUT2D eigenvalue weighted by molar-refractivity contribution is 5.83. The zero-order valence-corrected chi connectivity index (χ0v) is 19.3. The summed E-state index contributed by atoms with van der Waals surface area (Å²) in [5.74, 6) is 1.58. The maximum absolute atomic E-state index is 12.9. The van der Waals surface area contributed by atoms with Crippen LogP contribution in [0.4, 0.5) is 0 Å². The summed E-state index contributed by atoms with van der Waals surface area (Å²) in [5, 5.41) is 9.30. The molecule has 2 aromatic carbocycles. The van der Waals surface area contributed by atoms with Crippen LogP contribution in [0.2, 0.25) is 0 Å². The van der Waals surface area contributed by atoms with Crippen LogP contribution in [-0.2, 0) is 30.7 Å². The van der Waals surface area contributed by atoms with Gasteiger partial charge in [-0.05, 0) is 42.5 Å². The van der Waals surface area contributed by atoms with Gasteiger partial charge in [-0.3, -0.25) is 9.78 Å². The summed E-state index contributed by atoms with van der Waals surface area (Å²) in [4.78, 5) is 22.6. The van der Waals surface area contributed by atoms with Gasteiger partial charge in [-0.2, -0.15) is 0 Å². The van der Waals surface area contributed by atoms with Gasteiger partial charge >= 0.3 is 0 Å². The van der Waals surface area contributed by atoms with Crippen LogP contribution >= 0.6 is 0 Å². The van der Waals surface area contributed by atoms with E-state index < -0.39 is 0 Å². The lowest BCUT2D eigenvalue weighted by molar-refractivity contribution is -0.117. The Hall–Kier alpha value is -3.05. The van der Waals surface area contributed by atoms with Crippen molar-refractivity contribution in [3.05, 3.63) is 77.2 Å². The van der Waals surface area contributed by atoms with Gasteiger partial charge in [0.05, 0.1) is 42.9 Å². The molecule has 172 valence electrons. The molecule has 1 aromatic heterocycles. The molecule has 0 bridgehead atoms. The van der Waals surface area contributed by atoms with Crippen LogP contribution < -0.4 is 4.74 Å². The van der Waals surface area contributed by atoms with Gasteiger partial charge in [0.15, 0.2) is 0 Å². The van der Waals surface area contributed by atoms with E-state index >= 15 is 0 Å². The van der Waals surface area contributed by atoms with Crippen LogP contribution in [0.1, 0.15) is 55.1 Å². The van der Waals surface area contributed by atoms with Crippen molar-refractivity contribution in [3.8, 4) is 17.0 Å². The molecule has 1 saturated carbocycles. The normalized spacial score (nSPS) is 13.9. The predicted octanol–water partition coefficient (Wildman–Crippen LogP) is 5.12. The van der Waals surface area contributed by atoms with Crippen LogP contribution in [-0.4, -0.2) is 27.5 Å². The molecule has 1 aliphatic carbocycles. The maximum atomic E-state index is 12.9. The SMILES string of the molecule is CCOc1ccc(CC(=O)Cc2ncc(-c3ccc(CO)cc3)nc2CC2CCCC2)cc1. The highest BCUT2D eigenvalue weighted by Gasteiger charge is 2.20. The molecule has 1 aliphatic rings. The van der Waals surface area contributed by atoms with E-state index in [0.29, 0.717) is 25.4 Å². The molecule has 1 fully saturated rings. The molecule has 5 heteroatoms. The smallest absolute Gasteiger partial charge is 0.143 e. The minimum atomic E-state index is 0.0221. The third-order valence-electron chi connectivity index (χ3n) is 6.32. The number of aromatic nitrogens is 2. The van der Waals surface area contributed by atoms with Gasteiger partial charge in [-0.1, -0.05) is 62.1 Å². The Morgan fingerprint density at radius 3 is 2.33 bits per heavy atom. The summed E-state index contributed by atoms with van der Waals surface area (Å²) in [7, 11) is 0. The Morgan fingerprint density at radius 2 is 1.67 bits per heavy atom. The zero-order valence-electron chi connectivity index (χ0n) is 19.3. The number of aliphatic hydroxyl groups is 1. The predicted molar refractivity (Wildman–Crippen MR) is 129 cm³/mol. The molecule has 4 rings (SSSR count). The van der Waals surface area contributed by atoms with Gasteiger partial charge in [0.2, 0.25) is 0 Å². The van der Waals surface area contributed by atoms with E-state index in [-0.39, 0.29) is 12.4 Å². The van der Waals surface area contributed by atoms with Crippen molar-refractivity contribution < 1.29 is 14.6 Å². The number of benzene rings is 2. The molecular formula is C28H32N2O3. The van der Waals surface area contributed by atoms with E-state index in [1.54, 1.807) is 6.20 Å². The van der Waals surface area contributed by atoms with Crippen LogP contribution in [0, 0.1) is 5.92 Å². The number of ether oxygens (including phenoxy) is 1. The number of Topliss-reactive ketones (excluding diaryl/α,β-unsaturated/α-hetero) is 1. The molecule has 0 spiro atoms. The van der Waals surface area contributed by atoms with Crippen molar-refractivity contribution in [1.82, 2.24) is 9.97 Å². The molecule has 1 N–H and O–H groups in total. The summed E-state index contributed by atoms with van der Waals surface area (Å²) in [6.45, 7) is 2.60. The number of hydrogen-bond donors (Lipinski definition) is 1. The monoisotopic (exact) mass is 444 g/mol. The van der Waals surface area contributed by atoms with Crippen LogP contribution in [0.5, 0.6) is 5.75 Å². The number of ketones is 1. The van der Waals surface area contributed by atoms with Gasteiger partial charge < -0.3 is 9.84 Å². The Kier molecular flexibility index (Phi) is 7.84. The van der Waals surface area contributed by atoms with E-state index in [4.69, 9.17) is 14.7 Å². The summed E-state index contributed by atoms with van der Waals surface area (Å²) >= 11 is 0. The number of aliphatic hydroxyl groups excluding tert-OH is 1. The molecule has 5 nitrogen and oxygen atoms in total. The summed E-state index contributed by atoms with van der Waals surface area (Å²) < 4.78 is 5.49. The quantitative estimate of drug-likeness (QED) is 0.470. The molecule has 0 radical (unpaired) electrons. The fourth-order valence-corrected chi connectivity index (χ4v) is 4.52. The van der Waals surface area contributed by atoms with Crippen LogP contribution in [0.3, 0.4) is 0 Å². The number of carbonyl (C=O) groups is 1. The second-order valence-corrected chi connectivity index (χ2v) is 8.83. The number of hydrogen-bond acceptors (Lipinski definition) is 5. The van der Waals surface area contributed by atoms with Gasteiger partial charge in [0, 0.05) is 12.0 Å². The van der Waals surface area contributed by atoms with E-state index in [0.717, 1.165) is 45.9 Å². The van der Waals surface area contributed by atoms with Gasteiger partial charge in [-0.25, -0.2) is 4.98 Å². The number of nitrogens with zero attached hydrogens (tertiary/aromatic N) is 2. The molecule has 0 saturated heterocycles. The second-order valence-electron chi connectivity index (χ2n) is 8.83. The lowest BCUT2D eigenvalue weighted by atomic mass is 9.97. The molecule has 1 heterocycles. The van der Waals surface area contributed by atoms with E-state index in [1.165, 1.54) is 25.7 Å². The molecule has 0 atom stereocenters. The van der Waals surface area contributed by atoms with Crippen LogP contribution in [0.25, 0.3) is 11.3 Å². The highest BCUT2D eigenvalue weighted by atomic mass is 16.5. The van der Waals surface area contributed by atoms with Crippen molar-refractivity contribution >= 4 is 5.78 Å². The lowest BCUT2D eigenvalue weighted by Crippen LogP contribution is -2.13. The topological polar surface area (TPSA) is 72.3 Å². The average Bonchev–Trinajstić information content (AvgIpc) is 3.35. The molecule has 0 aliphatic heterocycles. The number of carbonyl (C=O) groups excluding carboxylic acids is 1. The molecule has 33 heavy (non-hydrogen) atoms. The van der Waals surface area contributed by atoms with Crippen molar-refractivity contribution in [2.75, 3.05) is 6.61 Å². The van der Waals surface area contributed by atoms with Crippen molar-refractivity contribution in [3.63, 3.8) is 0 Å². The zero-order chi connectivity index (χ0) is 23.0. The molecule has 3 aromatic rings. The minimum Gasteiger partial charge on any atom is -0.494 e. The van der Waals surface area contributed by atoms with Gasteiger partial charge in [0.1, 0.15) is 11.5 Å². The van der Waals surface area contributed by atoms with Gasteiger partial charge in [-0.15, -0.1) is 0 Å². The van der Waals surface area contributed by atoms with Crippen LogP contribution in [0.15, 0.2) is 54.7 Å². The second kappa shape index (κ2) is 11.2. The molecule has 0 unspecified atom stereocenters. The molecule has 0 amide bonds. The third-order valence-corrected chi connectivity index (χ3v) is 6.32. The Bertz CT molecular complexity index is 1060. The molecular weight excluding hydrogens is 412 g/mol. The Balaban J connectivity index is 1.51. The third kappa shape index (κ3) is 6.26. The van der Waals surface area contributed by atoms with Crippen molar-refractivity contribution in [2.24, 2.45) is 5.92 Å². The first-order valence-electron chi connectivity index (χ1n) is 11.9. The first-order valence-corrected chi connectivity index (χ1v) is 11.9. The van der Waals surface area contributed by atoms with E-state index in [1.807, 2.05) is 55.5 Å². The highest BCUT2D eigenvalue weighted by Crippen LogP contribution is 2.29. The summed E-state index contributed by atoms with van der Waals surface area (Å²) in [6.07, 6.45) is 8.30. The van der Waals surface area contributed by atoms with Crippen molar-refractivity contribution in [2.45, 2.75) is 58.5 Å². The summed E-state index contributed by atoms with van der Waals surface area (Å²) in [6, 6.07) is 15.5. The van der Waals surface area contributed by atoms with E-state index in [2.05, 4.69) is 0 Å². The standard InChI is InChI=1S/C28H32N2O3/c1-2-33-25-13-9-21(10-14-25)15-24(32)17-26-27(16-20-5-3-4-6-20)30-28(18-29-26)23-11-7-22(19-31)8-12-23/h7-14,18,20,31H,2-6,15-17,19H2,1H3. The summed E-state index contributed by atoms with van der Waals surface area (Å²) in [5.41, 5.74) is 5.39. The Labute approximate surface area is 195 Å².